The van der Waals surface area contributed by atoms with Crippen LogP contribution in [0, 0.1) is 50.2 Å². The van der Waals surface area contributed by atoms with Crippen LogP contribution in [-0.4, -0.2) is 233 Å². The molecule has 8 fully saturated rings. The van der Waals surface area contributed by atoms with Crippen LogP contribution < -0.4 is 0 Å². The fraction of sp³-hybridized carbons (Fsp3) is 0.943. The normalized spacial score (nSPS) is 54.0. The summed E-state index contributed by atoms with van der Waals surface area (Å²) in [5.74, 6) is -1.47. The highest BCUT2D eigenvalue weighted by Crippen LogP contribution is 2.76. The van der Waals surface area contributed by atoms with E-state index in [0.717, 1.165) is 38.5 Å². The van der Waals surface area contributed by atoms with E-state index in [1.807, 2.05) is 0 Å². The summed E-state index contributed by atoms with van der Waals surface area (Å²) in [6.07, 6.45) is -28.0. The molecule has 0 spiro atoms. The standard InChI is InChI=1S/C53H86O23/c1-48(2)14-15-53(21-56)23(16-48)22-8-9-28-50(5)12-11-30(49(3,4)27(50)10-13-51(28,6)52(22,7)17-29(53)58)72-47-42(76-45-37(65)35(63)33(61)26(19-55)71-45)39(38(66)40(74-47)43(67)68)73-46-41(31(59)24(57)20-69-46)75-44-36(64)34(62)32(60)25(18-54)70-44/h8,23-42,44-47,54-66H,9-21H2,1-7H3,(H,67,68)/t23-,24-,25-,26-,27+,28-,29-,30+,31+,32-,33-,34+,35+,36-,37-,38+,39+,40+,41-,42-,44+,45+,46+,47-,50+,51-,52-,53-/m1/s1. The second kappa shape index (κ2) is 21.3. The number of allylic oxidation sites excluding steroid dienone is 2. The number of fused-ring (bicyclic) bond motifs is 7. The Kier molecular flexibility index (Phi) is 16.5. The number of aliphatic hydroxyl groups excluding tert-OH is 13. The van der Waals surface area contributed by atoms with Crippen LogP contribution in [0.4, 0.5) is 0 Å². The monoisotopic (exact) mass is 1090 g/mol. The maximum Gasteiger partial charge on any atom is 0.335 e. The zero-order chi connectivity index (χ0) is 55.6. The molecule has 9 rings (SSSR count). The van der Waals surface area contributed by atoms with Gasteiger partial charge in [0.1, 0.15) is 85.5 Å². The van der Waals surface area contributed by atoms with E-state index in [1.54, 1.807) is 0 Å². The zero-order valence-electron chi connectivity index (χ0n) is 44.6. The van der Waals surface area contributed by atoms with Crippen LogP contribution in [0.5, 0.6) is 0 Å². The molecule has 0 bridgehead atoms. The third kappa shape index (κ3) is 9.46. The van der Waals surface area contributed by atoms with Gasteiger partial charge in [0.15, 0.2) is 31.3 Å². The molecule has 23 heteroatoms. The summed E-state index contributed by atoms with van der Waals surface area (Å²) in [5.41, 5.74) is -0.759. The van der Waals surface area contributed by atoms with Crippen molar-refractivity contribution in [2.24, 2.45) is 50.2 Å². The van der Waals surface area contributed by atoms with Crippen molar-refractivity contribution >= 4 is 5.97 Å². The van der Waals surface area contributed by atoms with Crippen LogP contribution in [-0.2, 0) is 42.7 Å². The van der Waals surface area contributed by atoms with Crippen molar-refractivity contribution in [3.8, 4) is 0 Å². The van der Waals surface area contributed by atoms with Crippen LogP contribution in [0.25, 0.3) is 0 Å². The summed E-state index contributed by atoms with van der Waals surface area (Å²) in [6.45, 7) is 13.4. The SMILES string of the molecule is CC1(C)CC[C@]2(CO)[C@H](O)C[C@]3(C)C(=CC[C@@H]4[C@@]5(C)CC[C@H](O[C@@H]6O[C@H](C(=O)O)[C@@H](O)[C@H](O[C@@H]7OC[C@@H](O)[C@H](O)[C@H]7O[C@@H]7O[C@H](CO)[C@@H](O)[C@H](O)[C@H]7O)[C@H]6O[C@@H]6O[C@H](CO)[C@@H](O)[C@H](O)[C@H]6O)C(C)(C)[C@@H]5CC[C@]43C)[C@H]2C1. The van der Waals surface area contributed by atoms with Crippen molar-refractivity contribution in [3.63, 3.8) is 0 Å². The molecule has 5 aliphatic carbocycles. The molecule has 23 nitrogen and oxygen atoms in total. The molecule has 4 heterocycles. The maximum absolute atomic E-state index is 13.1. The molecule has 0 amide bonds. The van der Waals surface area contributed by atoms with Crippen molar-refractivity contribution in [1.29, 1.82) is 0 Å². The molecule has 4 saturated carbocycles. The summed E-state index contributed by atoms with van der Waals surface area (Å²) in [6, 6.07) is 0. The molecule has 0 aromatic heterocycles. The molecule has 4 aliphatic heterocycles. The predicted molar refractivity (Wildman–Crippen MR) is 259 cm³/mol. The second-order valence-corrected chi connectivity index (χ2v) is 26.0. The molecule has 76 heavy (non-hydrogen) atoms. The zero-order valence-corrected chi connectivity index (χ0v) is 44.6. The quantitative estimate of drug-likeness (QED) is 0.0753. The minimum absolute atomic E-state index is 0.000714. The molecule has 0 aromatic rings. The Morgan fingerprint density at radius 1 is 0.605 bits per heavy atom. The molecule has 436 valence electrons. The van der Waals surface area contributed by atoms with Crippen molar-refractivity contribution in [1.82, 2.24) is 0 Å². The molecule has 9 aliphatic rings. The number of hydrogen-bond acceptors (Lipinski definition) is 22. The Bertz CT molecular complexity index is 2090. The fourth-order valence-electron chi connectivity index (χ4n) is 16.4. The van der Waals surface area contributed by atoms with Crippen LogP contribution >= 0.6 is 0 Å². The number of carboxylic acids is 1. The first-order valence-electron chi connectivity index (χ1n) is 27.3. The Balaban J connectivity index is 1.03. The van der Waals surface area contributed by atoms with E-state index in [9.17, 15) is 76.3 Å². The lowest BCUT2D eigenvalue weighted by Gasteiger charge is -2.72. The average Bonchev–Trinajstić information content (AvgIpc) is 3.56. The first-order valence-corrected chi connectivity index (χ1v) is 27.3. The van der Waals surface area contributed by atoms with E-state index < -0.39 is 166 Å². The molecule has 0 radical (unpaired) electrons. The summed E-state index contributed by atoms with van der Waals surface area (Å²) >= 11 is 0. The largest absolute Gasteiger partial charge is 0.479 e. The Hall–Kier alpha value is -1.63. The average molecular weight is 1090 g/mol. The maximum atomic E-state index is 13.1. The van der Waals surface area contributed by atoms with Crippen molar-refractivity contribution in [3.05, 3.63) is 11.6 Å². The van der Waals surface area contributed by atoms with Crippen LogP contribution in [0.3, 0.4) is 0 Å². The summed E-state index contributed by atoms with van der Waals surface area (Å²) in [5, 5.41) is 153. The van der Waals surface area contributed by atoms with Gasteiger partial charge in [-0.15, -0.1) is 0 Å². The van der Waals surface area contributed by atoms with E-state index in [4.69, 9.17) is 37.9 Å². The van der Waals surface area contributed by atoms with Gasteiger partial charge in [0, 0.05) is 5.41 Å². The van der Waals surface area contributed by atoms with Crippen molar-refractivity contribution in [2.45, 2.75) is 235 Å². The molecular weight excluding hydrogens is 1000 g/mol. The van der Waals surface area contributed by atoms with Crippen LogP contribution in [0.15, 0.2) is 11.6 Å². The Morgan fingerprint density at radius 2 is 1.20 bits per heavy atom. The predicted octanol–water partition coefficient (Wildman–Crippen LogP) is -1.86. The molecule has 0 aromatic carbocycles. The molecule has 4 saturated heterocycles. The first kappa shape index (κ1) is 59.0. The molecule has 28 atom stereocenters. The second-order valence-electron chi connectivity index (χ2n) is 26.0. The van der Waals surface area contributed by atoms with Gasteiger partial charge in [0.2, 0.25) is 0 Å². The van der Waals surface area contributed by atoms with Crippen LogP contribution in [0.1, 0.15) is 106 Å². The Morgan fingerprint density at radius 3 is 1.78 bits per heavy atom. The summed E-state index contributed by atoms with van der Waals surface area (Å²) < 4.78 is 48.6. The van der Waals surface area contributed by atoms with Gasteiger partial charge in [-0.2, -0.15) is 0 Å². The minimum Gasteiger partial charge on any atom is -0.479 e. The van der Waals surface area contributed by atoms with Gasteiger partial charge in [0.25, 0.3) is 0 Å². The first-order chi connectivity index (χ1) is 35.5. The number of rotatable bonds is 12. The minimum atomic E-state index is -2.20. The third-order valence-corrected chi connectivity index (χ3v) is 21.2. The lowest BCUT2D eigenvalue weighted by Crippen LogP contribution is -2.69. The fourth-order valence-corrected chi connectivity index (χ4v) is 16.4. The highest BCUT2D eigenvalue weighted by atomic mass is 16.8. The molecule has 0 unspecified atom stereocenters. The van der Waals surface area contributed by atoms with Crippen molar-refractivity contribution < 1.29 is 114 Å². The third-order valence-electron chi connectivity index (χ3n) is 21.2. The number of aliphatic hydroxyl groups is 13. The summed E-state index contributed by atoms with van der Waals surface area (Å²) in [7, 11) is 0. The van der Waals surface area contributed by atoms with E-state index in [1.165, 1.54) is 5.57 Å². The van der Waals surface area contributed by atoms with Gasteiger partial charge in [-0.25, -0.2) is 4.79 Å². The number of hydrogen-bond donors (Lipinski definition) is 14. The highest BCUT2D eigenvalue weighted by molar-refractivity contribution is 5.73. The Labute approximate surface area is 442 Å². The lowest BCUT2D eigenvalue weighted by molar-refractivity contribution is -0.401. The van der Waals surface area contributed by atoms with Gasteiger partial charge in [-0.3, -0.25) is 0 Å². The molecule has 14 N–H and O–H groups in total. The van der Waals surface area contributed by atoms with Crippen LogP contribution in [0.2, 0.25) is 0 Å². The van der Waals surface area contributed by atoms with E-state index in [2.05, 4.69) is 54.5 Å². The highest BCUT2D eigenvalue weighted by Gasteiger charge is 2.70. The number of ether oxygens (including phenoxy) is 8. The summed E-state index contributed by atoms with van der Waals surface area (Å²) in [4.78, 5) is 13.1. The van der Waals surface area contributed by atoms with Gasteiger partial charge in [-0.05, 0) is 103 Å². The van der Waals surface area contributed by atoms with E-state index in [-0.39, 0.29) is 46.0 Å². The van der Waals surface area contributed by atoms with Gasteiger partial charge in [0.05, 0.1) is 38.6 Å². The number of carboxylic acid groups (broad SMARTS) is 1. The van der Waals surface area contributed by atoms with Crippen molar-refractivity contribution in [2.75, 3.05) is 26.4 Å². The molecular formula is C53H86O23. The van der Waals surface area contributed by atoms with E-state index >= 15 is 0 Å². The van der Waals surface area contributed by atoms with Gasteiger partial charge < -0.3 is 109 Å². The number of carbonyl (C=O) groups is 1. The topological polar surface area (TPSA) is 374 Å². The van der Waals surface area contributed by atoms with Gasteiger partial charge >= 0.3 is 5.97 Å². The smallest absolute Gasteiger partial charge is 0.335 e. The van der Waals surface area contributed by atoms with E-state index in [0.29, 0.717) is 19.3 Å². The lowest BCUT2D eigenvalue weighted by atomic mass is 9.33. The van der Waals surface area contributed by atoms with Gasteiger partial charge in [-0.1, -0.05) is 60.1 Å². The number of aliphatic carboxylic acids is 1.